The lowest BCUT2D eigenvalue weighted by Crippen LogP contribution is -2.42. The second-order valence-corrected chi connectivity index (χ2v) is 6.76. The number of carbonyl (C=O) groups is 1. The van der Waals surface area contributed by atoms with E-state index in [0.717, 1.165) is 18.5 Å². The molecule has 4 N–H and O–H groups in total. The van der Waals surface area contributed by atoms with Crippen LogP contribution in [0.2, 0.25) is 0 Å². The van der Waals surface area contributed by atoms with E-state index in [0.29, 0.717) is 30.2 Å². The molecular formula is C22H26FN5O. The van der Waals surface area contributed by atoms with Crippen LogP contribution < -0.4 is 16.0 Å². The van der Waals surface area contributed by atoms with Crippen molar-refractivity contribution in [3.05, 3.63) is 71.2 Å². The summed E-state index contributed by atoms with van der Waals surface area (Å²) in [5, 5.41) is 10.4. The van der Waals surface area contributed by atoms with Gasteiger partial charge in [-0.3, -0.25) is 9.79 Å². The molecule has 2 aromatic carbocycles. The van der Waals surface area contributed by atoms with E-state index in [1.54, 1.807) is 26.1 Å². The normalized spacial score (nSPS) is 11.5. The summed E-state index contributed by atoms with van der Waals surface area (Å²) >= 11 is 0. The minimum absolute atomic E-state index is 0.298. The van der Waals surface area contributed by atoms with Gasteiger partial charge in [0.2, 0.25) is 0 Å². The number of benzene rings is 2. The summed E-state index contributed by atoms with van der Waals surface area (Å²) in [6, 6.07) is 12.7. The Labute approximate surface area is 169 Å². The standard InChI is InChI=1S/C22H26FN5O/c1-15-7-8-16(13-19(15)23)21(29)25-11-12-27-22(24-2)26-10-9-17-14-28-20-6-4-3-5-18(17)20/h3-8,13-14,28H,9-12H2,1-2H3,(H,25,29)(H2,24,26,27). The fourth-order valence-corrected chi connectivity index (χ4v) is 3.07. The molecular weight excluding hydrogens is 369 g/mol. The molecule has 0 aliphatic carbocycles. The van der Waals surface area contributed by atoms with Crippen LogP contribution in [0.25, 0.3) is 10.9 Å². The first kappa shape index (κ1) is 20.4. The van der Waals surface area contributed by atoms with Gasteiger partial charge in [0.1, 0.15) is 5.82 Å². The molecule has 1 heterocycles. The van der Waals surface area contributed by atoms with E-state index >= 15 is 0 Å². The van der Waals surface area contributed by atoms with Crippen LogP contribution in [0.3, 0.4) is 0 Å². The van der Waals surface area contributed by atoms with Gasteiger partial charge in [0, 0.05) is 49.3 Å². The van der Waals surface area contributed by atoms with Gasteiger partial charge in [0.15, 0.2) is 5.96 Å². The molecule has 3 aromatic rings. The van der Waals surface area contributed by atoms with Crippen LogP contribution in [0.1, 0.15) is 21.5 Å². The van der Waals surface area contributed by atoms with Gasteiger partial charge in [-0.2, -0.15) is 0 Å². The number of guanidine groups is 1. The fraction of sp³-hybridized carbons (Fsp3) is 0.273. The third-order valence-electron chi connectivity index (χ3n) is 4.72. The first-order valence-electron chi connectivity index (χ1n) is 9.62. The molecule has 0 unspecified atom stereocenters. The summed E-state index contributed by atoms with van der Waals surface area (Å²) in [6.07, 6.45) is 2.90. The first-order chi connectivity index (χ1) is 14.1. The molecule has 0 saturated heterocycles. The quantitative estimate of drug-likeness (QED) is 0.282. The molecule has 0 aliphatic rings. The lowest BCUT2D eigenvalue weighted by atomic mass is 10.1. The fourth-order valence-electron chi connectivity index (χ4n) is 3.07. The topological polar surface area (TPSA) is 81.3 Å². The number of halogens is 1. The number of carbonyl (C=O) groups excluding carboxylic acids is 1. The summed E-state index contributed by atoms with van der Waals surface area (Å²) < 4.78 is 13.6. The number of nitrogens with zero attached hydrogens (tertiary/aromatic N) is 1. The molecule has 0 fully saturated rings. The number of para-hydroxylation sites is 1. The predicted octanol–water partition coefficient (Wildman–Crippen LogP) is 2.75. The summed E-state index contributed by atoms with van der Waals surface area (Å²) in [4.78, 5) is 19.5. The molecule has 0 radical (unpaired) electrons. The Morgan fingerprint density at radius 3 is 2.62 bits per heavy atom. The highest BCUT2D eigenvalue weighted by atomic mass is 19.1. The predicted molar refractivity (Wildman–Crippen MR) is 115 cm³/mol. The summed E-state index contributed by atoms with van der Waals surface area (Å²) in [7, 11) is 1.70. The molecule has 1 aromatic heterocycles. The number of hydrogen-bond donors (Lipinski definition) is 4. The molecule has 3 rings (SSSR count). The summed E-state index contributed by atoms with van der Waals surface area (Å²) in [5.74, 6) is -0.0102. The number of hydrogen-bond acceptors (Lipinski definition) is 2. The Morgan fingerprint density at radius 2 is 1.83 bits per heavy atom. The maximum absolute atomic E-state index is 13.6. The Kier molecular flexibility index (Phi) is 6.84. The molecule has 1 amide bonds. The van der Waals surface area contributed by atoms with Crippen molar-refractivity contribution in [1.82, 2.24) is 20.9 Å². The number of rotatable bonds is 7. The number of aromatic amines is 1. The maximum Gasteiger partial charge on any atom is 0.251 e. The number of nitrogens with one attached hydrogen (secondary N) is 4. The van der Waals surface area contributed by atoms with Crippen molar-refractivity contribution in [2.75, 3.05) is 26.7 Å². The molecule has 152 valence electrons. The lowest BCUT2D eigenvalue weighted by Gasteiger charge is -2.12. The van der Waals surface area contributed by atoms with Crippen molar-refractivity contribution >= 4 is 22.8 Å². The van der Waals surface area contributed by atoms with Gasteiger partial charge in [-0.25, -0.2) is 4.39 Å². The van der Waals surface area contributed by atoms with Gasteiger partial charge < -0.3 is 20.9 Å². The molecule has 0 spiro atoms. The number of H-pyrrole nitrogens is 1. The molecule has 0 bridgehead atoms. The van der Waals surface area contributed by atoms with Crippen LogP contribution in [0.5, 0.6) is 0 Å². The summed E-state index contributed by atoms with van der Waals surface area (Å²) in [5.41, 5.74) is 3.22. The maximum atomic E-state index is 13.6. The van der Waals surface area contributed by atoms with Crippen molar-refractivity contribution in [3.63, 3.8) is 0 Å². The zero-order valence-corrected chi connectivity index (χ0v) is 16.7. The van der Waals surface area contributed by atoms with Crippen molar-refractivity contribution in [2.45, 2.75) is 13.3 Å². The van der Waals surface area contributed by atoms with E-state index in [-0.39, 0.29) is 11.7 Å². The number of amides is 1. The molecule has 0 aliphatic heterocycles. The van der Waals surface area contributed by atoms with Crippen molar-refractivity contribution in [3.8, 4) is 0 Å². The zero-order valence-electron chi connectivity index (χ0n) is 16.7. The van der Waals surface area contributed by atoms with Crippen molar-refractivity contribution in [2.24, 2.45) is 4.99 Å². The summed E-state index contributed by atoms with van der Waals surface area (Å²) in [6.45, 7) is 3.30. The van der Waals surface area contributed by atoms with Crippen molar-refractivity contribution < 1.29 is 9.18 Å². The average molecular weight is 395 g/mol. The van der Waals surface area contributed by atoms with E-state index < -0.39 is 0 Å². The highest BCUT2D eigenvalue weighted by Crippen LogP contribution is 2.17. The van der Waals surface area contributed by atoms with E-state index in [1.165, 1.54) is 17.0 Å². The van der Waals surface area contributed by atoms with E-state index in [1.807, 2.05) is 18.3 Å². The van der Waals surface area contributed by atoms with Gasteiger partial charge in [-0.1, -0.05) is 24.3 Å². The van der Waals surface area contributed by atoms with E-state index in [9.17, 15) is 9.18 Å². The Hall–Kier alpha value is -3.35. The minimum atomic E-state index is -0.379. The first-order valence-corrected chi connectivity index (χ1v) is 9.62. The highest BCUT2D eigenvalue weighted by Gasteiger charge is 2.08. The van der Waals surface area contributed by atoms with E-state index in [2.05, 4.69) is 38.1 Å². The van der Waals surface area contributed by atoms with Gasteiger partial charge in [0.05, 0.1) is 0 Å². The average Bonchev–Trinajstić information content (AvgIpc) is 3.14. The molecule has 0 saturated carbocycles. The molecule has 29 heavy (non-hydrogen) atoms. The largest absolute Gasteiger partial charge is 0.361 e. The minimum Gasteiger partial charge on any atom is -0.361 e. The van der Waals surface area contributed by atoms with Crippen molar-refractivity contribution in [1.29, 1.82) is 0 Å². The molecule has 0 atom stereocenters. The van der Waals surface area contributed by atoms with Gasteiger partial charge >= 0.3 is 0 Å². The van der Waals surface area contributed by atoms with E-state index in [4.69, 9.17) is 0 Å². The van der Waals surface area contributed by atoms with Gasteiger partial charge in [-0.05, 0) is 42.7 Å². The zero-order chi connectivity index (χ0) is 20.6. The molecule has 6 nitrogen and oxygen atoms in total. The lowest BCUT2D eigenvalue weighted by molar-refractivity contribution is 0.0954. The Morgan fingerprint density at radius 1 is 1.07 bits per heavy atom. The molecule has 7 heteroatoms. The number of aliphatic imine (C=N–C) groups is 1. The van der Waals surface area contributed by atoms with Crippen LogP contribution in [0.4, 0.5) is 4.39 Å². The third-order valence-corrected chi connectivity index (χ3v) is 4.72. The monoisotopic (exact) mass is 395 g/mol. The third kappa shape index (κ3) is 5.34. The van der Waals surface area contributed by atoms with Crippen LogP contribution in [-0.4, -0.2) is 43.5 Å². The van der Waals surface area contributed by atoms with Crippen LogP contribution >= 0.6 is 0 Å². The smallest absolute Gasteiger partial charge is 0.251 e. The number of aromatic nitrogens is 1. The SMILES string of the molecule is CN=C(NCCNC(=O)c1ccc(C)c(F)c1)NCCc1c[nH]c2ccccc12. The van der Waals surface area contributed by atoms with Crippen LogP contribution in [-0.2, 0) is 6.42 Å². The Balaban J connectivity index is 1.39. The number of fused-ring (bicyclic) bond motifs is 1. The van der Waals surface area contributed by atoms with Gasteiger partial charge in [-0.15, -0.1) is 0 Å². The second kappa shape index (κ2) is 9.73. The Bertz CT molecular complexity index is 1010. The van der Waals surface area contributed by atoms with Crippen LogP contribution in [0.15, 0.2) is 53.7 Å². The van der Waals surface area contributed by atoms with Crippen LogP contribution in [0, 0.1) is 12.7 Å². The second-order valence-electron chi connectivity index (χ2n) is 6.76. The van der Waals surface area contributed by atoms with Gasteiger partial charge in [0.25, 0.3) is 5.91 Å². The number of aryl methyl sites for hydroxylation is 1. The highest BCUT2D eigenvalue weighted by molar-refractivity contribution is 5.94.